The predicted octanol–water partition coefficient (Wildman–Crippen LogP) is 5.95. The van der Waals surface area contributed by atoms with E-state index < -0.39 is 67.7 Å². The fourth-order valence-corrected chi connectivity index (χ4v) is 7.59. The average Bonchev–Trinajstić information content (AvgIpc) is 3.64. The molecular weight excluding hydrogens is 871 g/mol. The third kappa shape index (κ3) is 11.3. The number of methoxy groups -OCH3 is 1. The molecule has 3 aromatic rings. The van der Waals surface area contributed by atoms with Crippen molar-refractivity contribution in [3.63, 3.8) is 0 Å². The summed E-state index contributed by atoms with van der Waals surface area (Å²) in [7, 11) is 1.52. The van der Waals surface area contributed by atoms with Crippen LogP contribution in [0.2, 0.25) is 10.0 Å². The number of aromatic hydroxyl groups is 1. The van der Waals surface area contributed by atoms with E-state index >= 15 is 0 Å². The third-order valence-electron chi connectivity index (χ3n) is 9.89. The lowest BCUT2D eigenvalue weighted by Crippen LogP contribution is -2.37. The zero-order valence-electron chi connectivity index (χ0n) is 33.6. The van der Waals surface area contributed by atoms with Gasteiger partial charge in [0, 0.05) is 47.4 Å². The number of carbonyl (C=O) groups is 4. The Labute approximate surface area is 368 Å². The minimum absolute atomic E-state index is 0.00350. The van der Waals surface area contributed by atoms with E-state index in [2.05, 4.69) is 0 Å². The first kappa shape index (κ1) is 46.0. The van der Waals surface area contributed by atoms with Gasteiger partial charge in [-0.1, -0.05) is 35.3 Å². The molecule has 2 unspecified atom stereocenters. The minimum Gasteiger partial charge on any atom is -0.506 e. The number of phenolic OH excluding ortho intramolecular Hbond substituents is 1. The van der Waals surface area contributed by atoms with Crippen LogP contribution in [-0.4, -0.2) is 121 Å². The van der Waals surface area contributed by atoms with Crippen LogP contribution >= 0.6 is 23.2 Å². The van der Waals surface area contributed by atoms with Gasteiger partial charge in [-0.3, -0.25) is 24.0 Å². The lowest BCUT2D eigenvalue weighted by Gasteiger charge is -2.30. The summed E-state index contributed by atoms with van der Waals surface area (Å²) in [6.07, 6.45) is -0.154. The lowest BCUT2D eigenvalue weighted by molar-refractivity contribution is -0.138. The zero-order valence-corrected chi connectivity index (χ0v) is 35.1. The molecule has 0 saturated heterocycles. The van der Waals surface area contributed by atoms with E-state index in [9.17, 15) is 49.5 Å². The van der Waals surface area contributed by atoms with Crippen LogP contribution in [0, 0.1) is 0 Å². The Morgan fingerprint density at radius 2 is 1.30 bits per heavy atom. The molecule has 0 aromatic heterocycles. The summed E-state index contributed by atoms with van der Waals surface area (Å²) in [5.41, 5.74) is 0.642. The normalized spacial score (nSPS) is 14.7. The average molecular weight is 914 g/mol. The second-order valence-electron chi connectivity index (χ2n) is 14.3. The molecule has 63 heavy (non-hydrogen) atoms. The molecule has 1 fully saturated rings. The number of benzene rings is 4. The van der Waals surface area contributed by atoms with Crippen LogP contribution < -0.4 is 29.4 Å². The van der Waals surface area contributed by atoms with E-state index in [-0.39, 0.29) is 81.1 Å². The van der Waals surface area contributed by atoms with Gasteiger partial charge in [0.25, 0.3) is 0 Å². The highest BCUT2D eigenvalue weighted by atomic mass is 35.5. The van der Waals surface area contributed by atoms with Gasteiger partial charge in [-0.2, -0.15) is 0 Å². The van der Waals surface area contributed by atoms with E-state index in [1.54, 1.807) is 18.2 Å². The van der Waals surface area contributed by atoms with E-state index in [4.69, 9.17) is 51.3 Å². The van der Waals surface area contributed by atoms with Crippen molar-refractivity contribution in [2.75, 3.05) is 69.5 Å². The largest absolute Gasteiger partial charge is 0.506 e. The van der Waals surface area contributed by atoms with Crippen molar-refractivity contribution >= 4 is 69.4 Å². The fraction of sp³-hybridized carbons (Fsp3) is 0.326. The molecule has 0 amide bonds. The number of anilines is 2. The standard InChI is InChI=1S/C43H42Cl2N2O16/c1-58-9-10-59-11-12-60-35-16-29(47(21-41(54)55)22-42(56)57)38(15-25(35)43-23-13-26(44)30(48)17-36(23)63-37-18-31(49)27(45)14-24(37)43)62-34-8-4-7-33(34)61-32-6-3-2-5-28(32)46(19-39(50)51)20-40(52)53/h2-3,5-6,13-18,33-34,48H,4,7-12,19-22H2,1H3,(H,50,51)(H,52,53)(H,54,55)(H,56,57). The van der Waals surface area contributed by atoms with Crippen LogP contribution in [0.5, 0.6) is 23.0 Å². The highest BCUT2D eigenvalue weighted by Gasteiger charge is 2.35. The van der Waals surface area contributed by atoms with Crippen LogP contribution in [0.3, 0.4) is 0 Å². The Kier molecular flexibility index (Phi) is 15.1. The molecular formula is C43H42Cl2N2O16. The fourth-order valence-electron chi connectivity index (χ4n) is 7.26. The number of hydrogen-bond donors (Lipinski definition) is 5. The molecule has 1 heterocycles. The Bertz CT molecular complexity index is 2500. The number of fused-ring (bicyclic) bond motifs is 2. The van der Waals surface area contributed by atoms with Gasteiger partial charge in [0.15, 0.2) is 0 Å². The maximum atomic E-state index is 12.8. The molecule has 0 spiro atoms. The third-order valence-corrected chi connectivity index (χ3v) is 10.5. The van der Waals surface area contributed by atoms with Crippen molar-refractivity contribution in [1.29, 1.82) is 0 Å². The maximum Gasteiger partial charge on any atom is 0.323 e. The van der Waals surface area contributed by atoms with Crippen molar-refractivity contribution in [3.8, 4) is 45.4 Å². The summed E-state index contributed by atoms with van der Waals surface area (Å²) < 4.78 is 36.3. The van der Waals surface area contributed by atoms with Crippen molar-refractivity contribution in [1.82, 2.24) is 0 Å². The lowest BCUT2D eigenvalue weighted by atomic mass is 9.92. The Balaban J connectivity index is 1.54. The van der Waals surface area contributed by atoms with Crippen LogP contribution in [-0.2, 0) is 28.7 Å². The Morgan fingerprint density at radius 3 is 1.94 bits per heavy atom. The number of hydrogen-bond acceptors (Lipinski definition) is 14. The highest BCUT2D eigenvalue weighted by Crippen LogP contribution is 2.50. The predicted molar refractivity (Wildman–Crippen MR) is 229 cm³/mol. The zero-order chi connectivity index (χ0) is 45.4. The van der Waals surface area contributed by atoms with Crippen molar-refractivity contribution < 1.29 is 72.8 Å². The second kappa shape index (κ2) is 20.6. The summed E-state index contributed by atoms with van der Waals surface area (Å²) in [6.45, 7) is -2.28. The number of aliphatic carboxylic acids is 4. The van der Waals surface area contributed by atoms with Gasteiger partial charge in [-0.15, -0.1) is 0 Å². The number of halogens is 2. The molecule has 5 N–H and O–H groups in total. The molecule has 18 nitrogen and oxygen atoms in total. The quantitative estimate of drug-likeness (QED) is 0.0397. The Hall–Kier alpha value is -6.47. The smallest absolute Gasteiger partial charge is 0.323 e. The molecule has 1 aliphatic heterocycles. The molecule has 0 radical (unpaired) electrons. The van der Waals surface area contributed by atoms with E-state index in [1.807, 2.05) is 0 Å². The molecule has 6 rings (SSSR count). The molecule has 3 aromatic carbocycles. The van der Waals surface area contributed by atoms with Gasteiger partial charge in [-0.05, 0) is 49.6 Å². The van der Waals surface area contributed by atoms with Crippen LogP contribution in [0.25, 0.3) is 33.4 Å². The van der Waals surface area contributed by atoms with Gasteiger partial charge in [0.1, 0.15) is 79.3 Å². The number of rotatable bonds is 22. The van der Waals surface area contributed by atoms with Crippen molar-refractivity contribution in [2.45, 2.75) is 31.5 Å². The molecule has 0 bridgehead atoms. The summed E-state index contributed by atoms with van der Waals surface area (Å²) in [5.74, 6) is -5.25. The Morgan fingerprint density at radius 1 is 0.698 bits per heavy atom. The van der Waals surface area contributed by atoms with Gasteiger partial charge >= 0.3 is 23.9 Å². The first-order valence-electron chi connectivity index (χ1n) is 19.4. The van der Waals surface area contributed by atoms with E-state index in [1.165, 1.54) is 49.6 Å². The maximum absolute atomic E-state index is 12.8. The number of carboxylic acids is 4. The number of phenols is 1. The van der Waals surface area contributed by atoms with Gasteiger partial charge in [0.2, 0.25) is 5.43 Å². The molecule has 1 saturated carbocycles. The second-order valence-corrected chi connectivity index (χ2v) is 15.1. The first-order valence-corrected chi connectivity index (χ1v) is 20.1. The molecule has 2 atom stereocenters. The monoisotopic (exact) mass is 912 g/mol. The van der Waals surface area contributed by atoms with Gasteiger partial charge < -0.3 is 63.4 Å². The summed E-state index contributed by atoms with van der Waals surface area (Å²) in [6, 6.07) is 14.6. The van der Waals surface area contributed by atoms with Crippen molar-refractivity contribution in [2.24, 2.45) is 0 Å². The summed E-state index contributed by atoms with van der Waals surface area (Å²) in [4.78, 5) is 63.0. The van der Waals surface area contributed by atoms with E-state index in [0.29, 0.717) is 42.4 Å². The van der Waals surface area contributed by atoms with Gasteiger partial charge in [-0.25, -0.2) is 0 Å². The van der Waals surface area contributed by atoms with Crippen LogP contribution in [0.4, 0.5) is 11.4 Å². The minimum atomic E-state index is -1.36. The highest BCUT2D eigenvalue weighted by molar-refractivity contribution is 6.33. The SMILES string of the molecule is COCCOCCOc1cc(N(CC(=O)O)CC(=O)O)c(OC2CCCC2Oc2ccccc2N(CC(=O)O)CC(=O)O)cc1-c1c2cc(Cl)c(=O)cc-2oc2cc(O)c(Cl)cc12. The molecule has 334 valence electrons. The first-order chi connectivity index (χ1) is 30.1. The number of nitrogens with zero attached hydrogens (tertiary/aromatic N) is 2. The van der Waals surface area contributed by atoms with Crippen LogP contribution in [0.1, 0.15) is 19.3 Å². The molecule has 3 aliphatic rings. The topological polar surface area (TPSA) is 252 Å². The number of ether oxygens (including phenoxy) is 5. The van der Waals surface area contributed by atoms with Crippen molar-refractivity contribution in [3.05, 3.63) is 80.9 Å². The van der Waals surface area contributed by atoms with Crippen LogP contribution in [0.15, 0.2) is 69.9 Å². The summed E-state index contributed by atoms with van der Waals surface area (Å²) >= 11 is 12.9. The molecule has 2 aliphatic carbocycles. The summed E-state index contributed by atoms with van der Waals surface area (Å²) in [5, 5.41) is 49.8. The van der Waals surface area contributed by atoms with Gasteiger partial charge in [0.05, 0.1) is 41.2 Å². The number of para-hydroxylation sites is 2. The van der Waals surface area contributed by atoms with E-state index in [0.717, 1.165) is 9.80 Å². The number of carboxylic acid groups (broad SMARTS) is 4. The molecule has 20 heteroatoms.